The Morgan fingerprint density at radius 1 is 1.48 bits per heavy atom. The van der Waals surface area contributed by atoms with E-state index >= 15 is 0 Å². The number of nitro benzene ring substituents is 1. The van der Waals surface area contributed by atoms with Crippen LogP contribution in [0.1, 0.15) is 23.7 Å². The lowest BCUT2D eigenvalue weighted by Gasteiger charge is -2.23. The van der Waals surface area contributed by atoms with Crippen molar-refractivity contribution in [2.45, 2.75) is 18.9 Å². The second kappa shape index (κ2) is 5.38. The molecule has 0 aromatic heterocycles. The van der Waals surface area contributed by atoms with Gasteiger partial charge in [-0.15, -0.1) is 0 Å². The normalized spacial score (nSPS) is 23.7. The van der Waals surface area contributed by atoms with Crippen LogP contribution in [-0.2, 0) is 9.84 Å². The molecule has 1 aliphatic heterocycles. The van der Waals surface area contributed by atoms with Crippen molar-refractivity contribution in [3.8, 4) is 0 Å². The van der Waals surface area contributed by atoms with E-state index in [2.05, 4.69) is 21.2 Å². The minimum absolute atomic E-state index is 0.0320. The van der Waals surface area contributed by atoms with Crippen molar-refractivity contribution in [2.24, 2.45) is 0 Å². The molecule has 1 aromatic carbocycles. The molecule has 114 valence electrons. The number of rotatable bonds is 3. The summed E-state index contributed by atoms with van der Waals surface area (Å²) in [5, 5.41) is 13.5. The van der Waals surface area contributed by atoms with Gasteiger partial charge in [0.2, 0.25) is 0 Å². The maximum absolute atomic E-state index is 12.2. The van der Waals surface area contributed by atoms with Gasteiger partial charge in [0.1, 0.15) is 0 Å². The van der Waals surface area contributed by atoms with E-state index in [1.165, 1.54) is 12.1 Å². The topological polar surface area (TPSA) is 106 Å². The summed E-state index contributed by atoms with van der Waals surface area (Å²) in [6.45, 7) is 1.66. The van der Waals surface area contributed by atoms with Crippen molar-refractivity contribution in [2.75, 3.05) is 11.5 Å². The summed E-state index contributed by atoms with van der Waals surface area (Å²) in [5.41, 5.74) is -0.931. The van der Waals surface area contributed by atoms with Gasteiger partial charge < -0.3 is 5.32 Å². The molecule has 1 saturated heterocycles. The van der Waals surface area contributed by atoms with Crippen molar-refractivity contribution in [1.82, 2.24) is 5.32 Å². The zero-order chi connectivity index (χ0) is 15.8. The van der Waals surface area contributed by atoms with Gasteiger partial charge in [0, 0.05) is 11.6 Å². The molecule has 1 aromatic rings. The summed E-state index contributed by atoms with van der Waals surface area (Å²) in [6.07, 6.45) is 0.333. The van der Waals surface area contributed by atoms with E-state index < -0.39 is 26.2 Å². The fraction of sp³-hybridized carbons (Fsp3) is 0.417. The van der Waals surface area contributed by atoms with Crippen LogP contribution < -0.4 is 5.32 Å². The molecule has 1 fully saturated rings. The number of sulfone groups is 1. The molecule has 7 nitrogen and oxygen atoms in total. The van der Waals surface area contributed by atoms with Crippen LogP contribution in [0, 0.1) is 10.1 Å². The molecule has 0 saturated carbocycles. The molecule has 0 bridgehead atoms. The van der Waals surface area contributed by atoms with E-state index in [4.69, 9.17) is 0 Å². The monoisotopic (exact) mass is 376 g/mol. The van der Waals surface area contributed by atoms with Gasteiger partial charge in [0.25, 0.3) is 11.6 Å². The van der Waals surface area contributed by atoms with E-state index in [9.17, 15) is 23.3 Å². The van der Waals surface area contributed by atoms with E-state index in [0.29, 0.717) is 6.42 Å². The molecule has 1 unspecified atom stereocenters. The number of amides is 1. The first-order valence-corrected chi connectivity index (χ1v) is 8.70. The molecular weight excluding hydrogens is 364 g/mol. The highest BCUT2D eigenvalue weighted by Crippen LogP contribution is 2.27. The Morgan fingerprint density at radius 2 is 2.14 bits per heavy atom. The lowest BCUT2D eigenvalue weighted by atomic mass is 10.0. The zero-order valence-electron chi connectivity index (χ0n) is 11.1. The van der Waals surface area contributed by atoms with Crippen molar-refractivity contribution in [3.63, 3.8) is 0 Å². The third-order valence-electron chi connectivity index (χ3n) is 3.32. The first-order valence-electron chi connectivity index (χ1n) is 6.09. The van der Waals surface area contributed by atoms with Crippen molar-refractivity contribution < 1.29 is 18.1 Å². The highest BCUT2D eigenvalue weighted by Gasteiger charge is 2.39. The zero-order valence-corrected chi connectivity index (χ0v) is 13.5. The van der Waals surface area contributed by atoms with Crippen LogP contribution in [0.3, 0.4) is 0 Å². The SMILES string of the molecule is CC1(NC(=O)c2ccc(Br)c([N+](=O)[O-])c2)CCS(=O)(=O)C1. The molecule has 1 atom stereocenters. The highest BCUT2D eigenvalue weighted by molar-refractivity contribution is 9.10. The quantitative estimate of drug-likeness (QED) is 0.637. The van der Waals surface area contributed by atoms with Crippen LogP contribution >= 0.6 is 15.9 Å². The lowest BCUT2D eigenvalue weighted by molar-refractivity contribution is -0.385. The Kier molecular flexibility index (Phi) is 4.07. The van der Waals surface area contributed by atoms with Gasteiger partial charge >= 0.3 is 0 Å². The number of hydrogen-bond acceptors (Lipinski definition) is 5. The Labute approximate surface area is 129 Å². The molecule has 1 heterocycles. The summed E-state index contributed by atoms with van der Waals surface area (Å²) in [5.74, 6) is -0.612. The fourth-order valence-electron chi connectivity index (χ4n) is 2.25. The predicted octanol–water partition coefficient (Wildman–Crippen LogP) is 1.66. The second-order valence-electron chi connectivity index (χ2n) is 5.28. The Bertz CT molecular complexity index is 718. The first kappa shape index (κ1) is 15.9. The number of carbonyl (C=O) groups excluding carboxylic acids is 1. The summed E-state index contributed by atoms with van der Waals surface area (Å²) in [4.78, 5) is 22.4. The molecule has 0 aliphatic carbocycles. The number of nitrogens with one attached hydrogen (secondary N) is 1. The van der Waals surface area contributed by atoms with Gasteiger partial charge in [0.05, 0.1) is 26.4 Å². The van der Waals surface area contributed by atoms with Gasteiger partial charge in [0.15, 0.2) is 9.84 Å². The van der Waals surface area contributed by atoms with Crippen LogP contribution in [0.5, 0.6) is 0 Å². The lowest BCUT2D eigenvalue weighted by Crippen LogP contribution is -2.46. The average Bonchev–Trinajstić information content (AvgIpc) is 2.63. The number of nitro groups is 1. The largest absolute Gasteiger partial charge is 0.346 e. The van der Waals surface area contributed by atoms with Crippen LogP contribution in [0.4, 0.5) is 5.69 Å². The Morgan fingerprint density at radius 3 is 2.67 bits per heavy atom. The summed E-state index contributed by atoms with van der Waals surface area (Å²) >= 11 is 3.04. The van der Waals surface area contributed by atoms with Gasteiger partial charge in [-0.1, -0.05) is 0 Å². The number of carbonyl (C=O) groups is 1. The van der Waals surface area contributed by atoms with Gasteiger partial charge in [-0.2, -0.15) is 0 Å². The molecule has 21 heavy (non-hydrogen) atoms. The fourth-order valence-corrected chi connectivity index (χ4v) is 4.73. The van der Waals surface area contributed by atoms with Crippen molar-refractivity contribution in [1.29, 1.82) is 0 Å². The summed E-state index contributed by atoms with van der Waals surface area (Å²) in [7, 11) is -3.14. The van der Waals surface area contributed by atoms with E-state index in [1.807, 2.05) is 0 Å². The minimum atomic E-state index is -3.14. The third kappa shape index (κ3) is 3.59. The maximum Gasteiger partial charge on any atom is 0.284 e. The summed E-state index contributed by atoms with van der Waals surface area (Å²) in [6, 6.07) is 4.02. The molecule has 1 amide bonds. The second-order valence-corrected chi connectivity index (χ2v) is 8.32. The van der Waals surface area contributed by atoms with Crippen LogP contribution in [-0.4, -0.2) is 36.3 Å². The van der Waals surface area contributed by atoms with Crippen molar-refractivity contribution in [3.05, 3.63) is 38.3 Å². The Hall–Kier alpha value is -1.48. The minimum Gasteiger partial charge on any atom is -0.346 e. The number of hydrogen-bond donors (Lipinski definition) is 1. The molecule has 2 rings (SSSR count). The third-order valence-corrected chi connectivity index (χ3v) is 5.90. The number of benzene rings is 1. The van der Waals surface area contributed by atoms with Gasteiger partial charge in [-0.25, -0.2) is 8.42 Å². The molecule has 0 radical (unpaired) electrons. The molecular formula is C12H13BrN2O5S. The van der Waals surface area contributed by atoms with Crippen molar-refractivity contribution >= 4 is 37.4 Å². The Balaban J connectivity index is 2.22. The van der Waals surface area contributed by atoms with Gasteiger partial charge in [-0.05, 0) is 41.4 Å². The first-order chi connectivity index (χ1) is 9.62. The summed E-state index contributed by atoms with van der Waals surface area (Å²) < 4.78 is 23.3. The standard InChI is InChI=1S/C12H13BrN2O5S/c1-12(4-5-21(19,20)7-12)14-11(16)8-2-3-9(13)10(6-8)15(17)18/h2-3,6H,4-5,7H2,1H3,(H,14,16). The highest BCUT2D eigenvalue weighted by atomic mass is 79.9. The van der Waals surface area contributed by atoms with Gasteiger partial charge in [-0.3, -0.25) is 14.9 Å². The smallest absolute Gasteiger partial charge is 0.284 e. The number of nitrogens with zero attached hydrogens (tertiary/aromatic N) is 1. The molecule has 0 spiro atoms. The van der Waals surface area contributed by atoms with E-state index in [1.54, 1.807) is 6.92 Å². The number of halogens is 1. The predicted molar refractivity (Wildman–Crippen MR) is 79.9 cm³/mol. The average molecular weight is 377 g/mol. The maximum atomic E-state index is 12.2. The van der Waals surface area contributed by atoms with Crippen LogP contribution in [0.25, 0.3) is 0 Å². The van der Waals surface area contributed by atoms with E-state index in [0.717, 1.165) is 6.07 Å². The van der Waals surface area contributed by atoms with Crippen LogP contribution in [0.2, 0.25) is 0 Å². The van der Waals surface area contributed by atoms with E-state index in [-0.39, 0.29) is 27.2 Å². The molecule has 1 aliphatic rings. The van der Waals surface area contributed by atoms with Crippen LogP contribution in [0.15, 0.2) is 22.7 Å². The molecule has 9 heteroatoms. The molecule has 1 N–H and O–H groups in total.